The second-order valence-electron chi connectivity index (χ2n) is 5.73. The highest BCUT2D eigenvalue weighted by Gasteiger charge is 2.06. The summed E-state index contributed by atoms with van der Waals surface area (Å²) in [6.45, 7) is 6.46. The smallest absolute Gasteiger partial charge is 0.192 e. The van der Waals surface area contributed by atoms with Gasteiger partial charge in [0.2, 0.25) is 0 Å². The van der Waals surface area contributed by atoms with Crippen molar-refractivity contribution in [3.05, 3.63) is 45.4 Å². The number of aromatic nitrogens is 3. The molecule has 2 N–H and O–H groups in total. The Kier molecular flexibility index (Phi) is 7.39. The molecule has 1 aromatic carbocycles. The van der Waals surface area contributed by atoms with Gasteiger partial charge in [0.15, 0.2) is 11.8 Å². The first kappa shape index (κ1) is 19.4. The van der Waals surface area contributed by atoms with Crippen LogP contribution in [0.2, 0.25) is 0 Å². The van der Waals surface area contributed by atoms with E-state index in [4.69, 9.17) is 4.74 Å². The normalized spacial score (nSPS) is 11.6. The number of aryl methyl sites for hydroxylation is 2. The van der Waals surface area contributed by atoms with Gasteiger partial charge in [-0.1, -0.05) is 22.0 Å². The molecule has 7 nitrogen and oxygen atoms in total. The molecule has 136 valence electrons. The molecule has 0 aliphatic carbocycles. The largest absolute Gasteiger partial charge is 0.383 e. The maximum atomic E-state index is 5.10. The Bertz CT molecular complexity index is 728. The monoisotopic (exact) mass is 408 g/mol. The van der Waals surface area contributed by atoms with Gasteiger partial charge in [-0.15, -0.1) is 10.2 Å². The molecule has 8 heteroatoms. The third kappa shape index (κ3) is 5.82. The standard InChI is InChI=1S/C17H25BrN6O/c1-12-9-15(18)6-5-14(12)10-20-17(19-7-8-25-4)21-11-16-23-22-13(2)24(16)3/h5-6,9H,7-8,10-11H2,1-4H3,(H2,19,20,21). The van der Waals surface area contributed by atoms with Crippen LogP contribution in [-0.4, -0.2) is 41.0 Å². The van der Waals surface area contributed by atoms with E-state index in [1.54, 1.807) is 7.11 Å². The molecule has 2 rings (SSSR count). The summed E-state index contributed by atoms with van der Waals surface area (Å²) < 4.78 is 8.13. The summed E-state index contributed by atoms with van der Waals surface area (Å²) in [6.07, 6.45) is 0. The summed E-state index contributed by atoms with van der Waals surface area (Å²) in [4.78, 5) is 4.67. The van der Waals surface area contributed by atoms with Crippen molar-refractivity contribution in [3.63, 3.8) is 0 Å². The third-order valence-electron chi connectivity index (χ3n) is 3.91. The lowest BCUT2D eigenvalue weighted by molar-refractivity contribution is 0.203. The molecular formula is C17H25BrN6O. The summed E-state index contributed by atoms with van der Waals surface area (Å²) in [5, 5.41) is 14.8. The van der Waals surface area contributed by atoms with Gasteiger partial charge >= 0.3 is 0 Å². The Morgan fingerprint density at radius 1 is 1.28 bits per heavy atom. The lowest BCUT2D eigenvalue weighted by atomic mass is 10.1. The van der Waals surface area contributed by atoms with Gasteiger partial charge in [0.1, 0.15) is 5.82 Å². The number of nitrogens with one attached hydrogen (secondary N) is 2. The number of hydrogen-bond donors (Lipinski definition) is 2. The summed E-state index contributed by atoms with van der Waals surface area (Å²) in [6, 6.07) is 6.21. The lowest BCUT2D eigenvalue weighted by Gasteiger charge is -2.13. The van der Waals surface area contributed by atoms with Crippen LogP contribution in [-0.2, 0) is 24.9 Å². The maximum absolute atomic E-state index is 5.10. The Hall–Kier alpha value is -1.93. The molecule has 0 amide bonds. The van der Waals surface area contributed by atoms with Gasteiger partial charge in [-0.25, -0.2) is 4.99 Å². The van der Waals surface area contributed by atoms with Crippen molar-refractivity contribution in [1.82, 2.24) is 25.4 Å². The van der Waals surface area contributed by atoms with E-state index in [1.165, 1.54) is 11.1 Å². The quantitative estimate of drug-likeness (QED) is 0.416. The van der Waals surface area contributed by atoms with Crippen LogP contribution in [0.4, 0.5) is 0 Å². The summed E-state index contributed by atoms with van der Waals surface area (Å²) in [5.41, 5.74) is 2.39. The highest BCUT2D eigenvalue weighted by atomic mass is 79.9. The van der Waals surface area contributed by atoms with E-state index in [0.29, 0.717) is 26.2 Å². The van der Waals surface area contributed by atoms with E-state index < -0.39 is 0 Å². The number of methoxy groups -OCH3 is 1. The molecule has 0 aliphatic heterocycles. The van der Waals surface area contributed by atoms with E-state index in [1.807, 2.05) is 24.6 Å². The van der Waals surface area contributed by atoms with Crippen LogP contribution in [0.3, 0.4) is 0 Å². The first-order chi connectivity index (χ1) is 12.0. The number of rotatable bonds is 7. The van der Waals surface area contributed by atoms with E-state index in [-0.39, 0.29) is 0 Å². The SMILES string of the molecule is COCCNC(=NCc1ccc(Br)cc1C)NCc1nnc(C)n1C. The summed E-state index contributed by atoms with van der Waals surface area (Å²) in [7, 11) is 3.63. The fraction of sp³-hybridized carbons (Fsp3) is 0.471. The molecule has 0 unspecified atom stereocenters. The molecule has 0 radical (unpaired) electrons. The van der Waals surface area contributed by atoms with Crippen molar-refractivity contribution >= 4 is 21.9 Å². The molecular weight excluding hydrogens is 384 g/mol. The van der Waals surface area contributed by atoms with Crippen LogP contribution in [0, 0.1) is 13.8 Å². The van der Waals surface area contributed by atoms with Gasteiger partial charge in [0, 0.05) is 25.2 Å². The molecule has 0 spiro atoms. The second-order valence-corrected chi connectivity index (χ2v) is 6.65. The van der Waals surface area contributed by atoms with Crippen LogP contribution in [0.1, 0.15) is 22.8 Å². The van der Waals surface area contributed by atoms with Crippen molar-refractivity contribution < 1.29 is 4.74 Å². The summed E-state index contributed by atoms with van der Waals surface area (Å²) in [5.74, 6) is 2.46. The van der Waals surface area contributed by atoms with Crippen molar-refractivity contribution in [2.75, 3.05) is 20.3 Å². The van der Waals surface area contributed by atoms with Gasteiger partial charge in [0.25, 0.3) is 0 Å². The van der Waals surface area contributed by atoms with Gasteiger partial charge in [-0.2, -0.15) is 0 Å². The number of hydrogen-bond acceptors (Lipinski definition) is 4. The number of ether oxygens (including phenoxy) is 1. The Morgan fingerprint density at radius 2 is 2.08 bits per heavy atom. The number of halogens is 1. The molecule has 1 heterocycles. The fourth-order valence-corrected chi connectivity index (χ4v) is 2.69. The molecule has 0 aliphatic rings. The summed E-state index contributed by atoms with van der Waals surface area (Å²) >= 11 is 3.49. The highest BCUT2D eigenvalue weighted by molar-refractivity contribution is 9.10. The van der Waals surface area contributed by atoms with Crippen LogP contribution in [0.25, 0.3) is 0 Å². The molecule has 0 atom stereocenters. The first-order valence-electron chi connectivity index (χ1n) is 8.12. The minimum Gasteiger partial charge on any atom is -0.383 e. The minimum absolute atomic E-state index is 0.551. The van der Waals surface area contributed by atoms with Crippen molar-refractivity contribution in [2.45, 2.75) is 26.9 Å². The van der Waals surface area contributed by atoms with Crippen molar-refractivity contribution in [2.24, 2.45) is 12.0 Å². The van der Waals surface area contributed by atoms with Gasteiger partial charge < -0.3 is 19.9 Å². The average molecular weight is 409 g/mol. The number of guanidine groups is 1. The van der Waals surface area contributed by atoms with Gasteiger partial charge in [0.05, 0.1) is 19.7 Å². The third-order valence-corrected chi connectivity index (χ3v) is 4.40. The van der Waals surface area contributed by atoms with Crippen LogP contribution >= 0.6 is 15.9 Å². The second kappa shape index (κ2) is 9.53. The van der Waals surface area contributed by atoms with E-state index in [9.17, 15) is 0 Å². The average Bonchev–Trinajstić information content (AvgIpc) is 2.90. The van der Waals surface area contributed by atoms with Crippen LogP contribution in [0.5, 0.6) is 0 Å². The topological polar surface area (TPSA) is 76.4 Å². The van der Waals surface area contributed by atoms with Crippen LogP contribution in [0.15, 0.2) is 27.7 Å². The molecule has 1 aromatic heterocycles. The molecule has 0 bridgehead atoms. The highest BCUT2D eigenvalue weighted by Crippen LogP contribution is 2.16. The Labute approximate surface area is 157 Å². The molecule has 25 heavy (non-hydrogen) atoms. The van der Waals surface area contributed by atoms with E-state index >= 15 is 0 Å². The maximum Gasteiger partial charge on any atom is 0.192 e. The fourth-order valence-electron chi connectivity index (χ4n) is 2.21. The lowest BCUT2D eigenvalue weighted by Crippen LogP contribution is -2.39. The predicted molar refractivity (Wildman–Crippen MR) is 102 cm³/mol. The molecule has 2 aromatic rings. The number of aliphatic imine (C=N–C) groups is 1. The molecule has 0 saturated carbocycles. The zero-order valence-electron chi connectivity index (χ0n) is 15.1. The van der Waals surface area contributed by atoms with Crippen LogP contribution < -0.4 is 10.6 Å². The van der Waals surface area contributed by atoms with Gasteiger partial charge in [-0.3, -0.25) is 0 Å². The van der Waals surface area contributed by atoms with E-state index in [2.05, 4.69) is 60.8 Å². The Morgan fingerprint density at radius 3 is 2.72 bits per heavy atom. The molecule has 0 fully saturated rings. The predicted octanol–water partition coefficient (Wildman–Crippen LogP) is 2.08. The first-order valence-corrected chi connectivity index (χ1v) is 8.91. The van der Waals surface area contributed by atoms with Crippen molar-refractivity contribution in [3.8, 4) is 0 Å². The van der Waals surface area contributed by atoms with Crippen molar-refractivity contribution in [1.29, 1.82) is 0 Å². The number of benzene rings is 1. The minimum atomic E-state index is 0.551. The Balaban J connectivity index is 2.04. The zero-order chi connectivity index (χ0) is 18.2. The molecule has 0 saturated heterocycles. The van der Waals surface area contributed by atoms with E-state index in [0.717, 1.165) is 22.1 Å². The zero-order valence-corrected chi connectivity index (χ0v) is 16.7. The van der Waals surface area contributed by atoms with Gasteiger partial charge in [-0.05, 0) is 37.1 Å². The number of nitrogens with zero attached hydrogens (tertiary/aromatic N) is 4.